The van der Waals surface area contributed by atoms with E-state index in [4.69, 9.17) is 4.74 Å². The van der Waals surface area contributed by atoms with Gasteiger partial charge in [0.05, 0.1) is 11.7 Å². The Labute approximate surface area is 103 Å². The third-order valence-corrected chi connectivity index (χ3v) is 4.00. The van der Waals surface area contributed by atoms with Gasteiger partial charge in [0.25, 0.3) is 0 Å². The van der Waals surface area contributed by atoms with E-state index in [-0.39, 0.29) is 5.60 Å². The molecule has 1 heteroatoms. The van der Waals surface area contributed by atoms with E-state index in [0.717, 1.165) is 0 Å². The van der Waals surface area contributed by atoms with Crippen LogP contribution in [0, 0.1) is 23.7 Å². The molecule has 0 saturated carbocycles. The molecule has 0 aromatic rings. The van der Waals surface area contributed by atoms with Crippen LogP contribution in [0.2, 0.25) is 0 Å². The molecule has 0 aliphatic heterocycles. The molecule has 0 unspecified atom stereocenters. The summed E-state index contributed by atoms with van der Waals surface area (Å²) in [6.45, 7) is 20.3. The summed E-state index contributed by atoms with van der Waals surface area (Å²) in [5.41, 5.74) is -0.0147. The van der Waals surface area contributed by atoms with Crippen molar-refractivity contribution in [3.8, 4) is 0 Å². The van der Waals surface area contributed by atoms with Crippen LogP contribution in [-0.2, 0) is 4.74 Å². The van der Waals surface area contributed by atoms with Gasteiger partial charge < -0.3 is 4.74 Å². The lowest BCUT2D eigenvalue weighted by Crippen LogP contribution is -2.46. The van der Waals surface area contributed by atoms with Crippen molar-refractivity contribution in [3.05, 3.63) is 0 Å². The van der Waals surface area contributed by atoms with Crippen LogP contribution < -0.4 is 0 Å². The average Bonchev–Trinajstić information content (AvgIpc) is 2.11. The Morgan fingerprint density at radius 2 is 1.00 bits per heavy atom. The van der Waals surface area contributed by atoms with Gasteiger partial charge in [0.15, 0.2) is 0 Å². The average molecular weight is 228 g/mol. The Morgan fingerprint density at radius 3 is 1.19 bits per heavy atom. The first-order valence-corrected chi connectivity index (χ1v) is 6.80. The molecule has 1 nitrogen and oxygen atoms in total. The molecule has 0 aliphatic rings. The largest absolute Gasteiger partial charge is 0.371 e. The van der Waals surface area contributed by atoms with Crippen molar-refractivity contribution in [1.82, 2.24) is 0 Å². The van der Waals surface area contributed by atoms with Crippen molar-refractivity contribution in [3.63, 3.8) is 0 Å². The van der Waals surface area contributed by atoms with Crippen LogP contribution >= 0.6 is 0 Å². The van der Waals surface area contributed by atoms with Gasteiger partial charge >= 0.3 is 0 Å². The van der Waals surface area contributed by atoms with E-state index in [0.29, 0.717) is 29.8 Å². The summed E-state index contributed by atoms with van der Waals surface area (Å²) >= 11 is 0. The van der Waals surface area contributed by atoms with Crippen molar-refractivity contribution in [2.24, 2.45) is 23.7 Å². The number of rotatable bonds is 6. The maximum Gasteiger partial charge on any atom is 0.0704 e. The van der Waals surface area contributed by atoms with Crippen molar-refractivity contribution in [2.75, 3.05) is 0 Å². The van der Waals surface area contributed by atoms with E-state index in [9.17, 15) is 0 Å². The van der Waals surface area contributed by atoms with E-state index < -0.39 is 0 Å². The first-order chi connectivity index (χ1) is 7.12. The third-order valence-electron chi connectivity index (χ3n) is 4.00. The minimum Gasteiger partial charge on any atom is -0.371 e. The van der Waals surface area contributed by atoms with Gasteiger partial charge in [-0.25, -0.2) is 0 Å². The van der Waals surface area contributed by atoms with Crippen LogP contribution in [0.4, 0.5) is 0 Å². The SMILES string of the molecule is CC(C)C(OC(C)(C(C)C)C(C)C)C(C)C. The molecule has 0 saturated heterocycles. The highest BCUT2D eigenvalue weighted by molar-refractivity contribution is 4.85. The van der Waals surface area contributed by atoms with Crippen molar-refractivity contribution >= 4 is 0 Å². The lowest BCUT2D eigenvalue weighted by Gasteiger charge is -2.43. The van der Waals surface area contributed by atoms with Gasteiger partial charge in [-0.1, -0.05) is 55.4 Å². The molecule has 16 heavy (non-hydrogen) atoms. The fourth-order valence-electron chi connectivity index (χ4n) is 2.27. The second-order valence-electron chi connectivity index (χ2n) is 6.56. The Kier molecular flexibility index (Phi) is 6.03. The predicted octanol–water partition coefficient (Wildman–Crippen LogP) is 4.75. The Balaban J connectivity index is 4.86. The van der Waals surface area contributed by atoms with Crippen molar-refractivity contribution in [2.45, 2.75) is 74.0 Å². The van der Waals surface area contributed by atoms with Crippen LogP contribution in [0.3, 0.4) is 0 Å². The van der Waals surface area contributed by atoms with Gasteiger partial charge in [0.2, 0.25) is 0 Å². The summed E-state index contributed by atoms with van der Waals surface area (Å²) < 4.78 is 6.48. The maximum absolute atomic E-state index is 6.48. The van der Waals surface area contributed by atoms with E-state index in [1.807, 2.05) is 0 Å². The zero-order valence-electron chi connectivity index (χ0n) is 12.8. The standard InChI is InChI=1S/C15H32O/c1-10(2)14(11(3)4)16-15(9,12(5)6)13(7)8/h10-14H,1-9H3. The molecule has 0 radical (unpaired) electrons. The first kappa shape index (κ1) is 16.0. The first-order valence-electron chi connectivity index (χ1n) is 6.80. The minimum absolute atomic E-state index is 0.0147. The summed E-state index contributed by atoms with van der Waals surface area (Å²) in [6.07, 6.45) is 0.356. The molecule has 0 rings (SSSR count). The summed E-state index contributed by atoms with van der Waals surface area (Å²) in [7, 11) is 0. The molecular weight excluding hydrogens is 196 g/mol. The van der Waals surface area contributed by atoms with E-state index in [1.165, 1.54) is 0 Å². The van der Waals surface area contributed by atoms with Crippen molar-refractivity contribution in [1.29, 1.82) is 0 Å². The van der Waals surface area contributed by atoms with Gasteiger partial charge in [-0.2, -0.15) is 0 Å². The molecule has 0 amide bonds. The fourth-order valence-corrected chi connectivity index (χ4v) is 2.27. The highest BCUT2D eigenvalue weighted by Crippen LogP contribution is 2.34. The highest BCUT2D eigenvalue weighted by atomic mass is 16.5. The Morgan fingerprint density at radius 1 is 0.688 bits per heavy atom. The topological polar surface area (TPSA) is 9.23 Å². The van der Waals surface area contributed by atoms with Gasteiger partial charge in [-0.15, -0.1) is 0 Å². The molecule has 0 aromatic heterocycles. The Bertz CT molecular complexity index is 176. The highest BCUT2D eigenvalue weighted by Gasteiger charge is 2.37. The maximum atomic E-state index is 6.48. The fraction of sp³-hybridized carbons (Fsp3) is 1.00. The summed E-state index contributed by atoms with van der Waals surface area (Å²) in [5, 5.41) is 0. The zero-order valence-corrected chi connectivity index (χ0v) is 12.8. The molecular formula is C15H32O. The molecule has 0 spiro atoms. The lowest BCUT2D eigenvalue weighted by atomic mass is 9.81. The van der Waals surface area contributed by atoms with Crippen LogP contribution in [-0.4, -0.2) is 11.7 Å². The van der Waals surface area contributed by atoms with Gasteiger partial charge in [0, 0.05) is 0 Å². The Hall–Kier alpha value is -0.0400. The van der Waals surface area contributed by atoms with Crippen LogP contribution in [0.15, 0.2) is 0 Å². The molecule has 0 atom stereocenters. The van der Waals surface area contributed by atoms with E-state index >= 15 is 0 Å². The molecule has 0 fully saturated rings. The van der Waals surface area contributed by atoms with Gasteiger partial charge in [-0.05, 0) is 30.6 Å². The molecule has 0 bridgehead atoms. The summed E-state index contributed by atoms with van der Waals surface area (Å²) in [4.78, 5) is 0. The van der Waals surface area contributed by atoms with Gasteiger partial charge in [-0.3, -0.25) is 0 Å². The smallest absolute Gasteiger partial charge is 0.0704 e. The predicted molar refractivity (Wildman–Crippen MR) is 72.6 cm³/mol. The second kappa shape index (κ2) is 6.05. The molecule has 0 heterocycles. The molecule has 0 aromatic carbocycles. The normalized spacial score (nSPS) is 13.9. The summed E-state index contributed by atoms with van der Waals surface area (Å²) in [5.74, 6) is 2.26. The summed E-state index contributed by atoms with van der Waals surface area (Å²) in [6, 6.07) is 0. The van der Waals surface area contributed by atoms with E-state index in [1.54, 1.807) is 0 Å². The number of hydrogen-bond donors (Lipinski definition) is 0. The van der Waals surface area contributed by atoms with Crippen LogP contribution in [0.25, 0.3) is 0 Å². The van der Waals surface area contributed by atoms with Crippen LogP contribution in [0.5, 0.6) is 0 Å². The van der Waals surface area contributed by atoms with Crippen LogP contribution in [0.1, 0.15) is 62.3 Å². The lowest BCUT2D eigenvalue weighted by molar-refractivity contribution is -0.162. The molecule has 98 valence electrons. The second-order valence-corrected chi connectivity index (χ2v) is 6.56. The minimum atomic E-state index is -0.0147. The van der Waals surface area contributed by atoms with Crippen molar-refractivity contribution < 1.29 is 4.74 Å². The zero-order chi connectivity index (χ0) is 13.1. The quantitative estimate of drug-likeness (QED) is 0.637. The number of hydrogen-bond acceptors (Lipinski definition) is 1. The molecule has 0 N–H and O–H groups in total. The number of ether oxygens (including phenoxy) is 1. The molecule has 0 aliphatic carbocycles. The van der Waals surface area contributed by atoms with E-state index in [2.05, 4.69) is 62.3 Å². The third kappa shape index (κ3) is 3.76. The van der Waals surface area contributed by atoms with Gasteiger partial charge in [0.1, 0.15) is 0 Å². The monoisotopic (exact) mass is 228 g/mol.